The molecule has 0 amide bonds. The van der Waals surface area contributed by atoms with Crippen molar-refractivity contribution in [2.24, 2.45) is 0 Å². The highest BCUT2D eigenvalue weighted by atomic mass is 15.2. The molecule has 0 fully saturated rings. The maximum absolute atomic E-state index is 4.95. The molecular weight excluding hydrogens is 458 g/mol. The molecule has 37 heavy (non-hydrogen) atoms. The lowest BCUT2D eigenvalue weighted by Crippen LogP contribution is -1.99. The number of hydrogen-bond acceptors (Lipinski definition) is 5. The van der Waals surface area contributed by atoms with E-state index in [0.717, 1.165) is 81.9 Å². The van der Waals surface area contributed by atoms with Crippen LogP contribution >= 0.6 is 0 Å². The molecule has 0 aromatic carbocycles. The van der Waals surface area contributed by atoms with Gasteiger partial charge in [-0.25, -0.2) is 9.97 Å². The molecule has 4 aromatic rings. The highest BCUT2D eigenvalue weighted by Gasteiger charge is 2.19. The van der Waals surface area contributed by atoms with Crippen molar-refractivity contribution < 1.29 is 0 Å². The minimum atomic E-state index is 0.668. The van der Waals surface area contributed by atoms with E-state index < -0.39 is 0 Å². The van der Waals surface area contributed by atoms with Gasteiger partial charge >= 0.3 is 0 Å². The molecule has 3 N–H and O–H groups in total. The molecule has 7 heteroatoms. The monoisotopic (exact) mass is 489 g/mol. The van der Waals surface area contributed by atoms with Gasteiger partial charge in [0, 0.05) is 28.7 Å². The molecule has 1 aliphatic rings. The Morgan fingerprint density at radius 3 is 2.89 bits per heavy atom. The summed E-state index contributed by atoms with van der Waals surface area (Å²) < 4.78 is 0. The van der Waals surface area contributed by atoms with Gasteiger partial charge in [0.15, 0.2) is 11.5 Å². The van der Waals surface area contributed by atoms with E-state index in [-0.39, 0.29) is 0 Å². The first-order valence-corrected chi connectivity index (χ1v) is 12.6. The number of unbranched alkanes of at least 4 members (excludes halogenated alkanes) is 1. The molecule has 0 saturated heterocycles. The number of anilines is 1. The van der Waals surface area contributed by atoms with Gasteiger partial charge in [-0.05, 0) is 50.0 Å². The normalized spacial score (nSPS) is 13.2. The summed E-state index contributed by atoms with van der Waals surface area (Å²) in [6, 6.07) is 6.00. The topological polar surface area (TPSA) is 95.2 Å². The summed E-state index contributed by atoms with van der Waals surface area (Å²) in [5.41, 5.74) is 9.89. The average Bonchev–Trinajstić information content (AvgIpc) is 3.66. The second-order valence-electron chi connectivity index (χ2n) is 9.13. The van der Waals surface area contributed by atoms with E-state index >= 15 is 0 Å². The largest absolute Gasteiger partial charge is 0.358 e. The number of rotatable bonds is 10. The van der Waals surface area contributed by atoms with Gasteiger partial charge in [-0.2, -0.15) is 5.10 Å². The Bertz CT molecular complexity index is 1560. The van der Waals surface area contributed by atoms with E-state index in [4.69, 9.17) is 9.97 Å². The van der Waals surface area contributed by atoms with Crippen molar-refractivity contribution >= 4 is 22.3 Å². The van der Waals surface area contributed by atoms with Crippen LogP contribution in [0.15, 0.2) is 85.4 Å². The fraction of sp³-hybridized carbons (Fsp3) is 0.200. The number of nitrogens with zero attached hydrogens (tertiary/aromatic N) is 4. The molecule has 0 spiro atoms. The smallest absolute Gasteiger partial charge is 0.161 e. The Morgan fingerprint density at radius 1 is 1.22 bits per heavy atom. The third kappa shape index (κ3) is 5.07. The second kappa shape index (κ2) is 10.6. The van der Waals surface area contributed by atoms with Crippen LogP contribution < -0.4 is 5.32 Å². The van der Waals surface area contributed by atoms with Crippen molar-refractivity contribution in [2.45, 2.75) is 39.5 Å². The molecule has 186 valence electrons. The number of nitrogens with one attached hydrogen (secondary N) is 3. The molecule has 0 aliphatic heterocycles. The zero-order chi connectivity index (χ0) is 25.8. The van der Waals surface area contributed by atoms with Crippen LogP contribution in [0, 0.1) is 6.92 Å². The van der Waals surface area contributed by atoms with Crippen molar-refractivity contribution in [3.63, 3.8) is 0 Å². The van der Waals surface area contributed by atoms with E-state index in [1.807, 2.05) is 37.4 Å². The summed E-state index contributed by atoms with van der Waals surface area (Å²) in [4.78, 5) is 17.7. The summed E-state index contributed by atoms with van der Waals surface area (Å²) in [7, 11) is 0. The summed E-state index contributed by atoms with van der Waals surface area (Å²) in [5, 5.41) is 11.0. The van der Waals surface area contributed by atoms with Crippen molar-refractivity contribution in [2.75, 3.05) is 5.32 Å². The van der Waals surface area contributed by atoms with Crippen LogP contribution in [0.2, 0.25) is 0 Å². The number of aromatic nitrogens is 6. The van der Waals surface area contributed by atoms with Gasteiger partial charge in [0.1, 0.15) is 5.52 Å². The Labute approximate surface area is 216 Å². The van der Waals surface area contributed by atoms with Gasteiger partial charge in [0.25, 0.3) is 0 Å². The van der Waals surface area contributed by atoms with Gasteiger partial charge in [0.2, 0.25) is 0 Å². The molecule has 7 nitrogen and oxygen atoms in total. The van der Waals surface area contributed by atoms with Gasteiger partial charge in [-0.15, -0.1) is 0 Å². The molecule has 4 aromatic heterocycles. The highest BCUT2D eigenvalue weighted by molar-refractivity contribution is 5.90. The van der Waals surface area contributed by atoms with Crippen LogP contribution in [0.1, 0.15) is 44.0 Å². The number of hydrogen-bond donors (Lipinski definition) is 3. The third-order valence-electron chi connectivity index (χ3n) is 6.33. The number of imidazole rings is 1. The quantitative estimate of drug-likeness (QED) is 0.203. The number of fused-ring (bicyclic) bond motifs is 1. The fourth-order valence-corrected chi connectivity index (χ4v) is 4.45. The lowest BCUT2D eigenvalue weighted by molar-refractivity contribution is 0.791. The maximum atomic E-state index is 4.95. The molecule has 1 aliphatic carbocycles. The van der Waals surface area contributed by atoms with E-state index in [1.165, 1.54) is 0 Å². The van der Waals surface area contributed by atoms with Crippen LogP contribution in [0.5, 0.6) is 0 Å². The van der Waals surface area contributed by atoms with Gasteiger partial charge in [-0.1, -0.05) is 56.9 Å². The number of pyridine rings is 2. The van der Waals surface area contributed by atoms with E-state index in [2.05, 4.69) is 63.8 Å². The summed E-state index contributed by atoms with van der Waals surface area (Å²) >= 11 is 0. The van der Waals surface area contributed by atoms with Crippen LogP contribution in [-0.2, 0) is 0 Å². The Hall–Kier alpha value is -4.52. The number of H-pyrrole nitrogens is 2. The molecule has 0 bridgehead atoms. The predicted molar refractivity (Wildman–Crippen MR) is 152 cm³/mol. The molecule has 5 rings (SSSR count). The van der Waals surface area contributed by atoms with Crippen molar-refractivity contribution in [3.05, 3.63) is 96.8 Å². The first-order chi connectivity index (χ1) is 18.1. The minimum Gasteiger partial charge on any atom is -0.358 e. The Kier molecular flexibility index (Phi) is 6.94. The summed E-state index contributed by atoms with van der Waals surface area (Å²) in [5.74, 6) is 0.668. The van der Waals surface area contributed by atoms with Gasteiger partial charge in [-0.3, -0.25) is 10.1 Å². The van der Waals surface area contributed by atoms with E-state index in [1.54, 1.807) is 12.3 Å². The number of aromatic amines is 2. The number of aryl methyl sites for hydroxylation is 1. The van der Waals surface area contributed by atoms with Crippen LogP contribution in [0.4, 0.5) is 5.69 Å². The van der Waals surface area contributed by atoms with Gasteiger partial charge in [0.05, 0.1) is 28.8 Å². The molecule has 4 heterocycles. The lowest BCUT2D eigenvalue weighted by atomic mass is 10.0. The summed E-state index contributed by atoms with van der Waals surface area (Å²) in [6.07, 6.45) is 18.0. The zero-order valence-electron chi connectivity index (χ0n) is 21.3. The Morgan fingerprint density at radius 2 is 2.11 bits per heavy atom. The fourth-order valence-electron chi connectivity index (χ4n) is 4.45. The molecule has 0 atom stereocenters. The van der Waals surface area contributed by atoms with Gasteiger partial charge < -0.3 is 10.3 Å². The standard InChI is InChI=1S/C30H31N7/c1-5-7-11-19(3)32-23-16-22(17-31-18-23)25-14-15-26-28(34-25)29(37-36-26)30-33-20(4)27(35-30)24(10-6-2)21-12-8-9-13-21/h6,8,10,12-18,32H,2-3,5,7,9,11H2,1,4H3,(H,33,35)(H,36,37)/b24-10-. The third-order valence-corrected chi connectivity index (χ3v) is 6.33. The number of allylic oxidation sites excluding steroid dienone is 8. The molecule has 0 radical (unpaired) electrons. The highest BCUT2D eigenvalue weighted by Crippen LogP contribution is 2.32. The van der Waals surface area contributed by atoms with E-state index in [9.17, 15) is 0 Å². The van der Waals surface area contributed by atoms with Crippen molar-refractivity contribution in [1.82, 2.24) is 30.1 Å². The zero-order valence-corrected chi connectivity index (χ0v) is 21.3. The SMILES string of the molecule is C=C/C=C(/C1=CCC=C1)c1nc(-c2n[nH]c3ccc(-c4cncc(NC(=C)CCCC)c4)nc23)[nH]c1C. The van der Waals surface area contributed by atoms with Crippen molar-refractivity contribution in [3.8, 4) is 22.8 Å². The van der Waals surface area contributed by atoms with Crippen LogP contribution in [-0.4, -0.2) is 30.1 Å². The van der Waals surface area contributed by atoms with Crippen molar-refractivity contribution in [1.29, 1.82) is 0 Å². The molecular formula is C30H31N7. The molecule has 0 saturated carbocycles. The van der Waals surface area contributed by atoms with Crippen LogP contribution in [0.3, 0.4) is 0 Å². The minimum absolute atomic E-state index is 0.668. The van der Waals surface area contributed by atoms with E-state index in [0.29, 0.717) is 11.5 Å². The maximum Gasteiger partial charge on any atom is 0.161 e. The second-order valence-corrected chi connectivity index (χ2v) is 9.13. The lowest BCUT2D eigenvalue weighted by Gasteiger charge is -2.10. The van der Waals surface area contributed by atoms with Crippen LogP contribution in [0.25, 0.3) is 39.4 Å². The first-order valence-electron chi connectivity index (χ1n) is 12.6. The Balaban J connectivity index is 1.49. The first kappa shape index (κ1) is 24.2. The molecule has 0 unspecified atom stereocenters. The predicted octanol–water partition coefficient (Wildman–Crippen LogP) is 7.29. The average molecular weight is 490 g/mol. The summed E-state index contributed by atoms with van der Waals surface area (Å²) in [6.45, 7) is 12.2.